The second-order valence-corrected chi connectivity index (χ2v) is 4.07. The molecule has 0 radical (unpaired) electrons. The highest BCUT2D eigenvalue weighted by atomic mass is 16.5. The van der Waals surface area contributed by atoms with Crippen molar-refractivity contribution in [3.63, 3.8) is 0 Å². The third-order valence-electron chi connectivity index (χ3n) is 2.92. The summed E-state index contributed by atoms with van der Waals surface area (Å²) in [7, 11) is 1.98. The van der Waals surface area contributed by atoms with E-state index in [0.717, 1.165) is 26.3 Å². The van der Waals surface area contributed by atoms with Crippen LogP contribution in [0.3, 0.4) is 0 Å². The molecule has 92 valence electrons. The van der Waals surface area contributed by atoms with E-state index < -0.39 is 0 Å². The van der Waals surface area contributed by atoms with Gasteiger partial charge in [-0.3, -0.25) is 0 Å². The molecule has 1 aromatic carbocycles. The Hall–Kier alpha value is -1.32. The van der Waals surface area contributed by atoms with E-state index in [4.69, 9.17) is 4.74 Å². The monoisotopic (exact) mass is 232 g/mol. The van der Waals surface area contributed by atoms with Crippen molar-refractivity contribution in [1.29, 1.82) is 0 Å². The minimum Gasteiger partial charge on any atom is -0.380 e. The van der Waals surface area contributed by atoms with Crippen LogP contribution in [0.1, 0.15) is 12.6 Å². The van der Waals surface area contributed by atoms with Gasteiger partial charge in [-0.25, -0.2) is 0 Å². The van der Waals surface area contributed by atoms with Gasteiger partial charge in [-0.15, -0.1) is 0 Å². The first kappa shape index (κ1) is 12.1. The molecule has 0 atom stereocenters. The molecule has 2 aromatic rings. The lowest BCUT2D eigenvalue weighted by molar-refractivity contribution is 0.139. The van der Waals surface area contributed by atoms with Crippen molar-refractivity contribution in [3.05, 3.63) is 36.0 Å². The van der Waals surface area contributed by atoms with Crippen molar-refractivity contribution in [2.75, 3.05) is 20.3 Å². The predicted molar refractivity (Wildman–Crippen MR) is 71.2 cm³/mol. The van der Waals surface area contributed by atoms with Gasteiger partial charge in [-0.1, -0.05) is 18.2 Å². The van der Waals surface area contributed by atoms with Gasteiger partial charge in [0.2, 0.25) is 0 Å². The zero-order chi connectivity index (χ0) is 12.1. The molecule has 2 rings (SSSR count). The van der Waals surface area contributed by atoms with Crippen LogP contribution in [0.15, 0.2) is 30.3 Å². The predicted octanol–water partition coefficient (Wildman–Crippen LogP) is 2.40. The van der Waals surface area contributed by atoms with E-state index in [2.05, 4.69) is 40.2 Å². The van der Waals surface area contributed by atoms with Gasteiger partial charge in [0.15, 0.2) is 0 Å². The van der Waals surface area contributed by atoms with Crippen LogP contribution in [0.2, 0.25) is 0 Å². The fourth-order valence-corrected chi connectivity index (χ4v) is 2.16. The Morgan fingerprint density at radius 2 is 2.12 bits per heavy atom. The molecule has 3 nitrogen and oxygen atoms in total. The summed E-state index contributed by atoms with van der Waals surface area (Å²) in [5.41, 5.74) is 2.60. The van der Waals surface area contributed by atoms with Crippen molar-refractivity contribution >= 4 is 10.9 Å². The van der Waals surface area contributed by atoms with Crippen LogP contribution in [-0.4, -0.2) is 24.8 Å². The number of ether oxygens (including phenoxy) is 1. The molecule has 1 heterocycles. The van der Waals surface area contributed by atoms with Gasteiger partial charge >= 0.3 is 0 Å². The second-order valence-electron chi connectivity index (χ2n) is 4.07. The normalized spacial score (nSPS) is 11.2. The average molecular weight is 232 g/mol. The van der Waals surface area contributed by atoms with Gasteiger partial charge in [0.1, 0.15) is 0 Å². The van der Waals surface area contributed by atoms with Crippen molar-refractivity contribution in [1.82, 2.24) is 9.88 Å². The second kappa shape index (κ2) is 5.84. The summed E-state index contributed by atoms with van der Waals surface area (Å²) < 4.78 is 7.78. The van der Waals surface area contributed by atoms with Crippen LogP contribution in [0, 0.1) is 0 Å². The number of nitrogens with one attached hydrogen (secondary N) is 1. The van der Waals surface area contributed by atoms with Crippen LogP contribution >= 0.6 is 0 Å². The Morgan fingerprint density at radius 3 is 2.88 bits per heavy atom. The van der Waals surface area contributed by atoms with Crippen molar-refractivity contribution in [2.45, 2.75) is 20.0 Å². The number of rotatable bonds is 6. The molecule has 0 unspecified atom stereocenters. The van der Waals surface area contributed by atoms with Crippen molar-refractivity contribution < 1.29 is 4.74 Å². The number of aromatic nitrogens is 1. The van der Waals surface area contributed by atoms with E-state index in [0.29, 0.717) is 0 Å². The van der Waals surface area contributed by atoms with Gasteiger partial charge < -0.3 is 14.6 Å². The molecule has 0 amide bonds. The number of nitrogens with zero attached hydrogens (tertiary/aromatic N) is 1. The maximum absolute atomic E-state index is 5.45. The van der Waals surface area contributed by atoms with E-state index in [9.17, 15) is 0 Å². The first-order chi connectivity index (χ1) is 8.36. The van der Waals surface area contributed by atoms with Crippen molar-refractivity contribution in [3.8, 4) is 0 Å². The average Bonchev–Trinajstić information content (AvgIpc) is 2.69. The Labute approximate surface area is 102 Å². The maximum atomic E-state index is 5.45. The highest BCUT2D eigenvalue weighted by Gasteiger charge is 2.07. The van der Waals surface area contributed by atoms with Gasteiger partial charge in [0, 0.05) is 30.9 Å². The number of hydrogen-bond donors (Lipinski definition) is 1. The van der Waals surface area contributed by atoms with E-state index in [1.54, 1.807) is 0 Å². The first-order valence-corrected chi connectivity index (χ1v) is 6.16. The van der Waals surface area contributed by atoms with Gasteiger partial charge in [0.05, 0.1) is 6.61 Å². The number of hydrogen-bond acceptors (Lipinski definition) is 2. The topological polar surface area (TPSA) is 26.2 Å². The summed E-state index contributed by atoms with van der Waals surface area (Å²) in [6.45, 7) is 5.38. The molecule has 0 saturated carbocycles. The fraction of sp³-hybridized carbons (Fsp3) is 0.429. The summed E-state index contributed by atoms with van der Waals surface area (Å²) in [5.74, 6) is 0. The van der Waals surface area contributed by atoms with Crippen LogP contribution in [0.25, 0.3) is 10.9 Å². The summed E-state index contributed by atoms with van der Waals surface area (Å²) in [5, 5.41) is 4.51. The number of para-hydroxylation sites is 1. The van der Waals surface area contributed by atoms with Gasteiger partial charge in [-0.05, 0) is 31.5 Å². The molecule has 17 heavy (non-hydrogen) atoms. The molecule has 1 N–H and O–H groups in total. The fourth-order valence-electron chi connectivity index (χ4n) is 2.16. The molecular weight excluding hydrogens is 212 g/mol. The lowest BCUT2D eigenvalue weighted by Crippen LogP contribution is -2.13. The minimum atomic E-state index is 0.770. The summed E-state index contributed by atoms with van der Waals surface area (Å²) in [4.78, 5) is 0. The van der Waals surface area contributed by atoms with E-state index in [1.807, 2.05) is 14.0 Å². The molecule has 0 spiro atoms. The van der Waals surface area contributed by atoms with Crippen molar-refractivity contribution in [2.24, 2.45) is 0 Å². The lowest BCUT2D eigenvalue weighted by Gasteiger charge is -2.10. The zero-order valence-corrected chi connectivity index (χ0v) is 10.6. The van der Waals surface area contributed by atoms with Crippen LogP contribution in [0.4, 0.5) is 0 Å². The molecule has 3 heteroatoms. The summed E-state index contributed by atoms with van der Waals surface area (Å²) >= 11 is 0. The van der Waals surface area contributed by atoms with E-state index in [-0.39, 0.29) is 0 Å². The minimum absolute atomic E-state index is 0.770. The Kier molecular flexibility index (Phi) is 4.18. The van der Waals surface area contributed by atoms with Gasteiger partial charge in [-0.2, -0.15) is 0 Å². The summed E-state index contributed by atoms with van der Waals surface area (Å²) in [6.07, 6.45) is 0. The lowest BCUT2D eigenvalue weighted by atomic mass is 10.2. The number of fused-ring (bicyclic) bond motifs is 1. The summed E-state index contributed by atoms with van der Waals surface area (Å²) in [6, 6.07) is 10.7. The zero-order valence-electron chi connectivity index (χ0n) is 10.6. The third-order valence-corrected chi connectivity index (χ3v) is 2.92. The molecule has 0 fully saturated rings. The Bertz CT molecular complexity index is 476. The van der Waals surface area contributed by atoms with Crippen LogP contribution in [0.5, 0.6) is 0 Å². The van der Waals surface area contributed by atoms with Crippen LogP contribution < -0.4 is 5.32 Å². The quantitative estimate of drug-likeness (QED) is 0.774. The molecule has 0 bridgehead atoms. The first-order valence-electron chi connectivity index (χ1n) is 6.16. The highest BCUT2D eigenvalue weighted by Crippen LogP contribution is 2.19. The Morgan fingerprint density at radius 1 is 1.29 bits per heavy atom. The standard InChI is InChI=1S/C14H20N2O/c1-3-17-9-8-16-13(11-15-2)10-12-6-4-5-7-14(12)16/h4-7,10,15H,3,8-9,11H2,1-2H3. The smallest absolute Gasteiger partial charge is 0.0645 e. The molecule has 0 saturated heterocycles. The third kappa shape index (κ3) is 2.68. The van der Waals surface area contributed by atoms with Crippen LogP contribution in [-0.2, 0) is 17.8 Å². The molecule has 0 aliphatic carbocycles. The highest BCUT2D eigenvalue weighted by molar-refractivity contribution is 5.81. The molecule has 0 aliphatic heterocycles. The SMILES string of the molecule is CCOCCn1c(CNC)cc2ccccc21. The Balaban J connectivity index is 2.30. The molecule has 1 aromatic heterocycles. The molecular formula is C14H20N2O. The molecule has 0 aliphatic rings. The largest absolute Gasteiger partial charge is 0.380 e. The maximum Gasteiger partial charge on any atom is 0.0645 e. The van der Waals surface area contributed by atoms with E-state index >= 15 is 0 Å². The van der Waals surface area contributed by atoms with E-state index in [1.165, 1.54) is 16.6 Å². The van der Waals surface area contributed by atoms with Gasteiger partial charge in [0.25, 0.3) is 0 Å². The number of benzene rings is 1.